The molecule has 1 aromatic carbocycles. The van der Waals surface area contributed by atoms with Crippen molar-refractivity contribution in [3.63, 3.8) is 0 Å². The number of para-hydroxylation sites is 1. The lowest BCUT2D eigenvalue weighted by Gasteiger charge is -2.22. The Morgan fingerprint density at radius 1 is 1.50 bits per heavy atom. The van der Waals surface area contributed by atoms with Crippen LogP contribution in [0.3, 0.4) is 0 Å². The summed E-state index contributed by atoms with van der Waals surface area (Å²) in [7, 11) is 0. The van der Waals surface area contributed by atoms with Crippen LogP contribution in [0.25, 0.3) is 0 Å². The van der Waals surface area contributed by atoms with Crippen LogP contribution in [0.5, 0.6) is 5.75 Å². The topological polar surface area (TPSA) is 47.3 Å². The number of hydrogen-bond donors (Lipinski definition) is 2. The van der Waals surface area contributed by atoms with Crippen molar-refractivity contribution < 1.29 is 4.74 Å². The maximum absolute atomic E-state index is 5.68. The maximum atomic E-state index is 5.68. The van der Waals surface area contributed by atoms with E-state index in [1.54, 1.807) is 0 Å². The first-order valence-corrected chi connectivity index (χ1v) is 5.03. The molecule has 0 spiro atoms. The molecule has 14 heavy (non-hydrogen) atoms. The second-order valence-electron chi connectivity index (χ2n) is 3.68. The van der Waals surface area contributed by atoms with E-state index >= 15 is 0 Å². The average molecular weight is 192 g/mol. The molecule has 0 bridgehead atoms. The molecule has 0 fully saturated rings. The molecule has 0 amide bonds. The average Bonchev–Trinajstić information content (AvgIpc) is 2.27. The SMILES string of the molecule is CC(NN)c1cccc2c1OCCC2. The zero-order chi connectivity index (χ0) is 9.97. The van der Waals surface area contributed by atoms with Gasteiger partial charge >= 0.3 is 0 Å². The summed E-state index contributed by atoms with van der Waals surface area (Å²) in [6.45, 7) is 2.86. The number of ether oxygens (including phenoxy) is 1. The fraction of sp³-hybridized carbons (Fsp3) is 0.455. The van der Waals surface area contributed by atoms with Crippen LogP contribution in [0.1, 0.15) is 30.5 Å². The Hall–Kier alpha value is -1.06. The van der Waals surface area contributed by atoms with Gasteiger partial charge in [-0.2, -0.15) is 0 Å². The van der Waals surface area contributed by atoms with Gasteiger partial charge in [-0.1, -0.05) is 18.2 Å². The number of rotatable bonds is 2. The Kier molecular flexibility index (Phi) is 2.70. The standard InChI is InChI=1S/C11H16N2O/c1-8(13-12)10-6-2-4-9-5-3-7-14-11(9)10/h2,4,6,8,13H,3,5,7,12H2,1H3. The molecular weight excluding hydrogens is 176 g/mol. The maximum Gasteiger partial charge on any atom is 0.127 e. The summed E-state index contributed by atoms with van der Waals surface area (Å²) in [6, 6.07) is 6.40. The Balaban J connectivity index is 2.39. The van der Waals surface area contributed by atoms with Gasteiger partial charge < -0.3 is 4.74 Å². The number of fused-ring (bicyclic) bond motifs is 1. The fourth-order valence-corrected chi connectivity index (χ4v) is 1.85. The molecule has 0 aliphatic carbocycles. The third kappa shape index (κ3) is 1.61. The van der Waals surface area contributed by atoms with Crippen molar-refractivity contribution in [2.75, 3.05) is 6.61 Å². The molecule has 0 saturated carbocycles. The molecule has 0 saturated heterocycles. The molecule has 3 nitrogen and oxygen atoms in total. The number of nitrogens with two attached hydrogens (primary N) is 1. The molecular formula is C11H16N2O. The summed E-state index contributed by atoms with van der Waals surface area (Å²) in [5, 5.41) is 0. The van der Waals surface area contributed by atoms with Crippen molar-refractivity contribution >= 4 is 0 Å². The predicted molar refractivity (Wildman–Crippen MR) is 56.0 cm³/mol. The normalized spacial score (nSPS) is 17.0. The molecule has 0 aromatic heterocycles. The highest BCUT2D eigenvalue weighted by Crippen LogP contribution is 2.32. The molecule has 3 N–H and O–H groups in total. The number of nitrogens with one attached hydrogen (secondary N) is 1. The Labute approximate surface area is 84.2 Å². The van der Waals surface area contributed by atoms with Gasteiger partial charge in [0.1, 0.15) is 5.75 Å². The van der Waals surface area contributed by atoms with Gasteiger partial charge in [0.15, 0.2) is 0 Å². The number of hydrogen-bond acceptors (Lipinski definition) is 3. The zero-order valence-electron chi connectivity index (χ0n) is 8.42. The smallest absolute Gasteiger partial charge is 0.127 e. The quantitative estimate of drug-likeness (QED) is 0.552. The fourth-order valence-electron chi connectivity index (χ4n) is 1.85. The molecule has 3 heteroatoms. The molecule has 2 rings (SSSR count). The van der Waals surface area contributed by atoms with Gasteiger partial charge in [0.05, 0.1) is 6.61 Å². The summed E-state index contributed by atoms with van der Waals surface area (Å²) in [6.07, 6.45) is 2.22. The van der Waals surface area contributed by atoms with Crippen LogP contribution < -0.4 is 16.0 Å². The van der Waals surface area contributed by atoms with Crippen molar-refractivity contribution in [2.45, 2.75) is 25.8 Å². The Morgan fingerprint density at radius 2 is 2.36 bits per heavy atom. The molecule has 1 aliphatic rings. The Bertz CT molecular complexity index is 325. The first kappa shape index (κ1) is 9.49. The highest BCUT2D eigenvalue weighted by molar-refractivity contribution is 5.44. The third-order valence-electron chi connectivity index (χ3n) is 2.68. The van der Waals surface area contributed by atoms with E-state index in [-0.39, 0.29) is 6.04 Å². The third-order valence-corrected chi connectivity index (χ3v) is 2.68. The summed E-state index contributed by atoms with van der Waals surface area (Å²) in [5.74, 6) is 6.46. The van der Waals surface area contributed by atoms with Crippen LogP contribution in [-0.4, -0.2) is 6.61 Å². The van der Waals surface area contributed by atoms with Crippen LogP contribution in [0, 0.1) is 0 Å². The van der Waals surface area contributed by atoms with Gasteiger partial charge in [-0.3, -0.25) is 11.3 Å². The van der Waals surface area contributed by atoms with E-state index in [9.17, 15) is 0 Å². The van der Waals surface area contributed by atoms with E-state index in [1.807, 2.05) is 6.92 Å². The van der Waals surface area contributed by atoms with E-state index in [4.69, 9.17) is 10.6 Å². The number of benzene rings is 1. The van der Waals surface area contributed by atoms with Crippen molar-refractivity contribution in [3.05, 3.63) is 29.3 Å². The largest absolute Gasteiger partial charge is 0.493 e. The molecule has 1 aliphatic heterocycles. The first-order chi connectivity index (χ1) is 6.83. The summed E-state index contributed by atoms with van der Waals surface area (Å²) in [4.78, 5) is 0. The van der Waals surface area contributed by atoms with Gasteiger partial charge in [-0.25, -0.2) is 0 Å². The second-order valence-corrected chi connectivity index (χ2v) is 3.68. The molecule has 1 heterocycles. The van der Waals surface area contributed by atoms with Crippen molar-refractivity contribution in [1.82, 2.24) is 5.43 Å². The lowest BCUT2D eigenvalue weighted by Crippen LogP contribution is -2.26. The molecule has 1 unspecified atom stereocenters. The van der Waals surface area contributed by atoms with Gasteiger partial charge in [-0.05, 0) is 25.3 Å². The van der Waals surface area contributed by atoms with Crippen LogP contribution >= 0.6 is 0 Å². The Morgan fingerprint density at radius 3 is 3.14 bits per heavy atom. The molecule has 0 radical (unpaired) electrons. The summed E-state index contributed by atoms with van der Waals surface area (Å²) < 4.78 is 5.68. The van der Waals surface area contributed by atoms with Crippen molar-refractivity contribution in [1.29, 1.82) is 0 Å². The van der Waals surface area contributed by atoms with Crippen molar-refractivity contribution in [3.8, 4) is 5.75 Å². The zero-order valence-corrected chi connectivity index (χ0v) is 8.42. The molecule has 1 aromatic rings. The van der Waals surface area contributed by atoms with E-state index in [0.717, 1.165) is 30.8 Å². The van der Waals surface area contributed by atoms with E-state index < -0.39 is 0 Å². The van der Waals surface area contributed by atoms with Gasteiger partial charge in [0, 0.05) is 11.6 Å². The lowest BCUT2D eigenvalue weighted by molar-refractivity contribution is 0.282. The molecule has 1 atom stereocenters. The highest BCUT2D eigenvalue weighted by atomic mass is 16.5. The first-order valence-electron chi connectivity index (χ1n) is 5.03. The minimum absolute atomic E-state index is 0.142. The minimum Gasteiger partial charge on any atom is -0.493 e. The van der Waals surface area contributed by atoms with Gasteiger partial charge in [0.2, 0.25) is 0 Å². The van der Waals surface area contributed by atoms with Crippen LogP contribution in [0.2, 0.25) is 0 Å². The highest BCUT2D eigenvalue weighted by Gasteiger charge is 2.16. The monoisotopic (exact) mass is 192 g/mol. The van der Waals surface area contributed by atoms with E-state index in [0.29, 0.717) is 0 Å². The van der Waals surface area contributed by atoms with Gasteiger partial charge in [0.25, 0.3) is 0 Å². The summed E-state index contributed by atoms with van der Waals surface area (Å²) in [5.41, 5.74) is 5.21. The predicted octanol–water partition coefficient (Wildman–Crippen LogP) is 1.54. The number of aryl methyl sites for hydroxylation is 1. The minimum atomic E-state index is 0.142. The lowest BCUT2D eigenvalue weighted by atomic mass is 9.99. The van der Waals surface area contributed by atoms with E-state index in [2.05, 4.69) is 23.6 Å². The number of hydrazine groups is 1. The van der Waals surface area contributed by atoms with Gasteiger partial charge in [-0.15, -0.1) is 0 Å². The van der Waals surface area contributed by atoms with Crippen molar-refractivity contribution in [2.24, 2.45) is 5.84 Å². The van der Waals surface area contributed by atoms with Crippen LogP contribution in [0.15, 0.2) is 18.2 Å². The van der Waals surface area contributed by atoms with Crippen LogP contribution in [0.4, 0.5) is 0 Å². The van der Waals surface area contributed by atoms with Crippen LogP contribution in [-0.2, 0) is 6.42 Å². The molecule has 76 valence electrons. The van der Waals surface area contributed by atoms with E-state index in [1.165, 1.54) is 5.56 Å². The second kappa shape index (κ2) is 3.98. The summed E-state index contributed by atoms with van der Waals surface area (Å²) >= 11 is 0.